The first-order valence-corrected chi connectivity index (χ1v) is 5.71. The van der Waals surface area contributed by atoms with E-state index in [4.69, 9.17) is 9.47 Å². The van der Waals surface area contributed by atoms with E-state index in [1.165, 1.54) is 0 Å². The molecular formula is C12H18N2O3. The van der Waals surface area contributed by atoms with Crippen LogP contribution in [0.5, 0.6) is 5.88 Å². The lowest BCUT2D eigenvalue weighted by Crippen LogP contribution is -2.09. The highest BCUT2D eigenvalue weighted by molar-refractivity contribution is 5.37. The van der Waals surface area contributed by atoms with Gasteiger partial charge in [0.05, 0.1) is 31.2 Å². The van der Waals surface area contributed by atoms with Crippen molar-refractivity contribution in [2.24, 2.45) is 7.05 Å². The van der Waals surface area contributed by atoms with E-state index in [9.17, 15) is 5.11 Å². The third-order valence-corrected chi connectivity index (χ3v) is 2.99. The van der Waals surface area contributed by atoms with Gasteiger partial charge in [-0.2, -0.15) is 5.10 Å². The summed E-state index contributed by atoms with van der Waals surface area (Å²) in [6.45, 7) is 2.59. The largest absolute Gasteiger partial charge is 0.501 e. The summed E-state index contributed by atoms with van der Waals surface area (Å²) in [5.41, 5.74) is 2.39. The first-order chi connectivity index (χ1) is 8.15. The summed E-state index contributed by atoms with van der Waals surface area (Å²) in [4.78, 5) is 0. The Balaban J connectivity index is 2.35. The summed E-state index contributed by atoms with van der Waals surface area (Å²) < 4.78 is 12.2. The molecule has 0 aromatic carbocycles. The van der Waals surface area contributed by atoms with E-state index in [-0.39, 0.29) is 0 Å². The maximum absolute atomic E-state index is 10.4. The van der Waals surface area contributed by atoms with Crippen LogP contribution < -0.4 is 4.74 Å². The van der Waals surface area contributed by atoms with Gasteiger partial charge in [-0.05, 0) is 25.3 Å². The molecule has 5 heteroatoms. The Morgan fingerprint density at radius 3 is 2.94 bits per heavy atom. The second-order valence-electron chi connectivity index (χ2n) is 4.20. The Morgan fingerprint density at radius 2 is 2.35 bits per heavy atom. The van der Waals surface area contributed by atoms with Crippen LogP contribution in [0.4, 0.5) is 0 Å². The molecule has 1 unspecified atom stereocenters. The van der Waals surface area contributed by atoms with E-state index >= 15 is 0 Å². The lowest BCUT2D eigenvalue weighted by molar-refractivity contribution is 0.167. The van der Waals surface area contributed by atoms with Gasteiger partial charge in [0.25, 0.3) is 0 Å². The van der Waals surface area contributed by atoms with Crippen molar-refractivity contribution in [3.05, 3.63) is 23.1 Å². The van der Waals surface area contributed by atoms with Gasteiger partial charge in [-0.15, -0.1) is 0 Å². The zero-order chi connectivity index (χ0) is 12.4. The summed E-state index contributed by atoms with van der Waals surface area (Å²) in [6.07, 6.45) is 2.74. The number of hydrogen-bond acceptors (Lipinski definition) is 4. The molecule has 1 aliphatic heterocycles. The smallest absolute Gasteiger partial charge is 0.217 e. The van der Waals surface area contributed by atoms with Crippen LogP contribution in [0.25, 0.3) is 0 Å². The Hall–Kier alpha value is -1.49. The standard InChI is InChI=1S/C12H18N2O3/c1-8-10(12(16-3)14(2)13-8)11(15)9-5-4-6-17-7-9/h7,11,15H,4-6H2,1-3H3. The minimum absolute atomic E-state index is 0.599. The van der Waals surface area contributed by atoms with Crippen LogP contribution in [0, 0.1) is 6.92 Å². The van der Waals surface area contributed by atoms with Crippen LogP contribution in [-0.4, -0.2) is 28.6 Å². The lowest BCUT2D eigenvalue weighted by Gasteiger charge is -2.19. The number of aryl methyl sites for hydroxylation is 2. The van der Waals surface area contributed by atoms with E-state index in [0.717, 1.165) is 36.3 Å². The summed E-state index contributed by atoms with van der Waals surface area (Å²) in [7, 11) is 3.38. The van der Waals surface area contributed by atoms with Crippen molar-refractivity contribution in [1.29, 1.82) is 0 Å². The molecule has 0 radical (unpaired) electrons. The number of aliphatic hydroxyl groups is 1. The van der Waals surface area contributed by atoms with E-state index in [1.807, 2.05) is 6.92 Å². The first kappa shape index (κ1) is 12.0. The lowest BCUT2D eigenvalue weighted by atomic mass is 9.98. The number of methoxy groups -OCH3 is 1. The molecule has 0 saturated carbocycles. The topological polar surface area (TPSA) is 56.5 Å². The minimum atomic E-state index is -0.695. The summed E-state index contributed by atoms with van der Waals surface area (Å²) in [5.74, 6) is 0.599. The van der Waals surface area contributed by atoms with Gasteiger partial charge >= 0.3 is 0 Å². The molecule has 0 amide bonds. The number of aromatic nitrogens is 2. The molecule has 0 aliphatic carbocycles. The summed E-state index contributed by atoms with van der Waals surface area (Å²) >= 11 is 0. The maximum Gasteiger partial charge on any atom is 0.217 e. The van der Waals surface area contributed by atoms with Gasteiger partial charge in [-0.3, -0.25) is 0 Å². The number of aliphatic hydroxyl groups excluding tert-OH is 1. The fourth-order valence-corrected chi connectivity index (χ4v) is 2.18. The van der Waals surface area contributed by atoms with Crippen LogP contribution in [0.15, 0.2) is 11.8 Å². The van der Waals surface area contributed by atoms with Crippen molar-refractivity contribution in [3.63, 3.8) is 0 Å². The summed E-state index contributed by atoms with van der Waals surface area (Å²) in [6, 6.07) is 0. The summed E-state index contributed by atoms with van der Waals surface area (Å²) in [5, 5.41) is 14.6. The number of rotatable bonds is 3. The van der Waals surface area contributed by atoms with Crippen molar-refractivity contribution in [2.45, 2.75) is 25.9 Å². The highest BCUT2D eigenvalue weighted by Gasteiger charge is 2.25. The average molecular weight is 238 g/mol. The normalized spacial score (nSPS) is 17.3. The third-order valence-electron chi connectivity index (χ3n) is 2.99. The highest BCUT2D eigenvalue weighted by Crippen LogP contribution is 2.34. The van der Waals surface area contributed by atoms with E-state index in [2.05, 4.69) is 5.10 Å². The number of hydrogen-bond donors (Lipinski definition) is 1. The van der Waals surface area contributed by atoms with E-state index in [0.29, 0.717) is 5.88 Å². The first-order valence-electron chi connectivity index (χ1n) is 5.71. The Labute approximate surface area is 101 Å². The van der Waals surface area contributed by atoms with Crippen LogP contribution in [-0.2, 0) is 11.8 Å². The zero-order valence-corrected chi connectivity index (χ0v) is 10.4. The second kappa shape index (κ2) is 4.79. The van der Waals surface area contributed by atoms with Crippen molar-refractivity contribution >= 4 is 0 Å². The van der Waals surface area contributed by atoms with E-state index < -0.39 is 6.10 Å². The molecule has 2 rings (SSSR count). The molecule has 1 N–H and O–H groups in total. The maximum atomic E-state index is 10.4. The fraction of sp³-hybridized carbons (Fsp3) is 0.583. The van der Waals surface area contributed by atoms with Crippen LogP contribution >= 0.6 is 0 Å². The van der Waals surface area contributed by atoms with Crippen LogP contribution in [0.3, 0.4) is 0 Å². The van der Waals surface area contributed by atoms with Crippen molar-refractivity contribution in [1.82, 2.24) is 9.78 Å². The van der Waals surface area contributed by atoms with Gasteiger partial charge in [-0.25, -0.2) is 4.68 Å². The van der Waals surface area contributed by atoms with Crippen LogP contribution in [0.1, 0.15) is 30.2 Å². The van der Waals surface area contributed by atoms with Gasteiger partial charge in [-0.1, -0.05) is 0 Å². The van der Waals surface area contributed by atoms with Crippen molar-refractivity contribution in [3.8, 4) is 5.88 Å². The van der Waals surface area contributed by atoms with Gasteiger partial charge in [0.1, 0.15) is 6.10 Å². The van der Waals surface area contributed by atoms with E-state index in [1.54, 1.807) is 25.1 Å². The molecule has 1 aromatic heterocycles. The molecule has 1 aliphatic rings. The second-order valence-corrected chi connectivity index (χ2v) is 4.20. The van der Waals surface area contributed by atoms with Gasteiger partial charge < -0.3 is 14.6 Å². The molecule has 94 valence electrons. The monoisotopic (exact) mass is 238 g/mol. The molecule has 0 bridgehead atoms. The molecular weight excluding hydrogens is 220 g/mol. The highest BCUT2D eigenvalue weighted by atomic mass is 16.5. The molecule has 0 fully saturated rings. The third kappa shape index (κ3) is 2.15. The molecule has 5 nitrogen and oxygen atoms in total. The minimum Gasteiger partial charge on any atom is -0.501 e. The van der Waals surface area contributed by atoms with Crippen molar-refractivity contribution < 1.29 is 14.6 Å². The van der Waals surface area contributed by atoms with Gasteiger partial charge in [0, 0.05) is 7.05 Å². The quantitative estimate of drug-likeness (QED) is 0.866. The van der Waals surface area contributed by atoms with Crippen molar-refractivity contribution in [2.75, 3.05) is 13.7 Å². The van der Waals surface area contributed by atoms with Gasteiger partial charge in [0.15, 0.2) is 0 Å². The predicted molar refractivity (Wildman–Crippen MR) is 62.7 cm³/mol. The molecule has 17 heavy (non-hydrogen) atoms. The zero-order valence-electron chi connectivity index (χ0n) is 10.4. The number of nitrogens with zero attached hydrogens (tertiary/aromatic N) is 2. The molecule has 1 aromatic rings. The van der Waals surface area contributed by atoms with Gasteiger partial charge in [0.2, 0.25) is 5.88 Å². The predicted octanol–water partition coefficient (Wildman–Crippen LogP) is 1.46. The molecule has 0 spiro atoms. The van der Waals surface area contributed by atoms with Crippen LogP contribution in [0.2, 0.25) is 0 Å². The number of ether oxygens (including phenoxy) is 2. The SMILES string of the molecule is COc1c(C(O)C2=COCCC2)c(C)nn1C. The fourth-order valence-electron chi connectivity index (χ4n) is 2.18. The Morgan fingerprint density at radius 1 is 1.59 bits per heavy atom. The Bertz CT molecular complexity index is 437. The average Bonchev–Trinajstić information content (AvgIpc) is 2.63. The Kier molecular flexibility index (Phi) is 3.38. The molecule has 0 saturated heterocycles. The molecule has 2 heterocycles. The molecule has 1 atom stereocenters.